The molecule has 0 saturated carbocycles. The summed E-state index contributed by atoms with van der Waals surface area (Å²) >= 11 is 0. The first-order valence-corrected chi connectivity index (χ1v) is 8.45. The first-order chi connectivity index (χ1) is 11.8. The summed E-state index contributed by atoms with van der Waals surface area (Å²) in [5.41, 5.74) is 4.56. The predicted octanol–water partition coefficient (Wildman–Crippen LogP) is 3.92. The molecule has 0 spiro atoms. The van der Waals surface area contributed by atoms with Crippen molar-refractivity contribution in [2.45, 2.75) is 32.4 Å². The van der Waals surface area contributed by atoms with Gasteiger partial charge in [0, 0.05) is 13.0 Å². The molecule has 122 valence electrons. The van der Waals surface area contributed by atoms with Crippen molar-refractivity contribution in [3.63, 3.8) is 0 Å². The number of carbonyl (C=O) groups excluding carboxylic acids is 1. The van der Waals surface area contributed by atoms with E-state index in [1.807, 2.05) is 25.1 Å². The zero-order valence-corrected chi connectivity index (χ0v) is 13.7. The van der Waals surface area contributed by atoms with E-state index in [1.165, 1.54) is 11.1 Å². The highest BCUT2D eigenvalue weighted by molar-refractivity contribution is 5.94. The number of nitrogens with zero attached hydrogens (tertiary/aromatic N) is 2. The Balaban J connectivity index is 1.65. The second-order valence-corrected chi connectivity index (χ2v) is 6.17. The SMILES string of the molecule is CCOC(=O)[C@@H]1CCC2=Nc3ccc(-c4ccccc4)cc3CN21. The lowest BCUT2D eigenvalue weighted by atomic mass is 10.0. The van der Waals surface area contributed by atoms with Crippen LogP contribution in [0.3, 0.4) is 0 Å². The molecule has 2 aromatic rings. The van der Waals surface area contributed by atoms with Gasteiger partial charge in [0.25, 0.3) is 0 Å². The maximum Gasteiger partial charge on any atom is 0.328 e. The monoisotopic (exact) mass is 320 g/mol. The lowest BCUT2D eigenvalue weighted by Crippen LogP contribution is -2.40. The van der Waals surface area contributed by atoms with Gasteiger partial charge in [0.15, 0.2) is 0 Å². The molecule has 1 fully saturated rings. The number of benzene rings is 2. The van der Waals surface area contributed by atoms with Crippen molar-refractivity contribution >= 4 is 17.5 Å². The first kappa shape index (κ1) is 14.9. The van der Waals surface area contributed by atoms with Crippen LogP contribution in [0.4, 0.5) is 5.69 Å². The number of ether oxygens (including phenoxy) is 1. The second-order valence-electron chi connectivity index (χ2n) is 6.17. The smallest absolute Gasteiger partial charge is 0.328 e. The lowest BCUT2D eigenvalue weighted by molar-refractivity contribution is -0.147. The number of aliphatic imine (C=N–C) groups is 1. The number of esters is 1. The lowest BCUT2D eigenvalue weighted by Gasteiger charge is -2.29. The highest BCUT2D eigenvalue weighted by atomic mass is 16.5. The number of hydrogen-bond acceptors (Lipinski definition) is 4. The van der Waals surface area contributed by atoms with E-state index in [0.29, 0.717) is 6.61 Å². The zero-order chi connectivity index (χ0) is 16.5. The van der Waals surface area contributed by atoms with Crippen LogP contribution >= 0.6 is 0 Å². The predicted molar refractivity (Wildman–Crippen MR) is 94.2 cm³/mol. The average Bonchev–Trinajstić information content (AvgIpc) is 3.03. The van der Waals surface area contributed by atoms with Crippen LogP contribution in [0.25, 0.3) is 11.1 Å². The van der Waals surface area contributed by atoms with Crippen LogP contribution in [0.2, 0.25) is 0 Å². The third kappa shape index (κ3) is 2.58. The van der Waals surface area contributed by atoms with Crippen LogP contribution in [0.5, 0.6) is 0 Å². The van der Waals surface area contributed by atoms with Gasteiger partial charge in [0.1, 0.15) is 11.9 Å². The van der Waals surface area contributed by atoms with E-state index >= 15 is 0 Å². The molecule has 24 heavy (non-hydrogen) atoms. The molecule has 0 unspecified atom stereocenters. The van der Waals surface area contributed by atoms with Crippen molar-refractivity contribution in [1.29, 1.82) is 0 Å². The maximum absolute atomic E-state index is 12.2. The summed E-state index contributed by atoms with van der Waals surface area (Å²) in [7, 11) is 0. The average molecular weight is 320 g/mol. The molecule has 2 heterocycles. The Morgan fingerprint density at radius 3 is 2.83 bits per heavy atom. The van der Waals surface area contributed by atoms with Crippen molar-refractivity contribution in [2.24, 2.45) is 4.99 Å². The topological polar surface area (TPSA) is 41.9 Å². The Hall–Kier alpha value is -2.62. The highest BCUT2D eigenvalue weighted by Gasteiger charge is 2.37. The molecule has 1 atom stereocenters. The largest absolute Gasteiger partial charge is 0.464 e. The molecular weight excluding hydrogens is 300 g/mol. The zero-order valence-electron chi connectivity index (χ0n) is 13.7. The fourth-order valence-electron chi connectivity index (χ4n) is 3.50. The Labute approximate surface area is 141 Å². The number of rotatable bonds is 3. The summed E-state index contributed by atoms with van der Waals surface area (Å²) in [5.74, 6) is 0.873. The highest BCUT2D eigenvalue weighted by Crippen LogP contribution is 2.35. The molecule has 0 radical (unpaired) electrons. The van der Waals surface area contributed by atoms with Gasteiger partial charge in [-0.05, 0) is 42.2 Å². The molecule has 1 saturated heterocycles. The third-order valence-electron chi connectivity index (χ3n) is 4.68. The van der Waals surface area contributed by atoms with Crippen molar-refractivity contribution in [2.75, 3.05) is 6.61 Å². The molecule has 0 amide bonds. The number of amidine groups is 1. The Morgan fingerprint density at radius 1 is 1.21 bits per heavy atom. The molecule has 2 aliphatic heterocycles. The molecule has 4 nitrogen and oxygen atoms in total. The first-order valence-electron chi connectivity index (χ1n) is 8.45. The van der Waals surface area contributed by atoms with Gasteiger partial charge in [0.2, 0.25) is 0 Å². The Morgan fingerprint density at radius 2 is 2.04 bits per heavy atom. The molecule has 2 aliphatic rings. The number of carbonyl (C=O) groups is 1. The summed E-state index contributed by atoms with van der Waals surface area (Å²) in [5, 5.41) is 0. The van der Waals surface area contributed by atoms with Gasteiger partial charge in [-0.25, -0.2) is 9.79 Å². The summed E-state index contributed by atoms with van der Waals surface area (Å²) in [4.78, 5) is 19.1. The van der Waals surface area contributed by atoms with E-state index in [1.54, 1.807) is 0 Å². The summed E-state index contributed by atoms with van der Waals surface area (Å²) < 4.78 is 5.22. The fourth-order valence-corrected chi connectivity index (χ4v) is 3.50. The molecule has 0 bridgehead atoms. The third-order valence-corrected chi connectivity index (χ3v) is 4.68. The van der Waals surface area contributed by atoms with Crippen LogP contribution in [0.1, 0.15) is 25.3 Å². The molecule has 0 aromatic heterocycles. The number of hydrogen-bond donors (Lipinski definition) is 0. The van der Waals surface area contributed by atoms with Crippen LogP contribution in [-0.4, -0.2) is 29.4 Å². The van der Waals surface area contributed by atoms with Crippen LogP contribution in [0.15, 0.2) is 53.5 Å². The maximum atomic E-state index is 12.2. The molecular formula is C20H20N2O2. The molecule has 0 N–H and O–H groups in total. The van der Waals surface area contributed by atoms with Gasteiger partial charge in [-0.2, -0.15) is 0 Å². The minimum atomic E-state index is -0.197. The van der Waals surface area contributed by atoms with E-state index in [0.717, 1.165) is 36.5 Å². The van der Waals surface area contributed by atoms with E-state index in [2.05, 4.69) is 35.2 Å². The van der Waals surface area contributed by atoms with Gasteiger partial charge in [0.05, 0.1) is 12.3 Å². The van der Waals surface area contributed by atoms with Gasteiger partial charge in [-0.1, -0.05) is 36.4 Å². The van der Waals surface area contributed by atoms with E-state index in [9.17, 15) is 4.79 Å². The summed E-state index contributed by atoms with van der Waals surface area (Å²) in [6, 6.07) is 16.5. The number of fused-ring (bicyclic) bond motifs is 2. The van der Waals surface area contributed by atoms with Gasteiger partial charge >= 0.3 is 5.97 Å². The van der Waals surface area contributed by atoms with Crippen LogP contribution < -0.4 is 0 Å². The van der Waals surface area contributed by atoms with Crippen molar-refractivity contribution < 1.29 is 9.53 Å². The summed E-state index contributed by atoms with van der Waals surface area (Å²) in [6.45, 7) is 2.99. The van der Waals surface area contributed by atoms with Gasteiger partial charge < -0.3 is 9.64 Å². The van der Waals surface area contributed by atoms with Crippen molar-refractivity contribution in [1.82, 2.24) is 4.90 Å². The van der Waals surface area contributed by atoms with Crippen molar-refractivity contribution in [3.8, 4) is 11.1 Å². The van der Waals surface area contributed by atoms with Crippen molar-refractivity contribution in [3.05, 3.63) is 54.1 Å². The van der Waals surface area contributed by atoms with Crippen LogP contribution in [0, 0.1) is 0 Å². The quantitative estimate of drug-likeness (QED) is 0.805. The van der Waals surface area contributed by atoms with Crippen LogP contribution in [-0.2, 0) is 16.1 Å². The van der Waals surface area contributed by atoms with Gasteiger partial charge in [-0.15, -0.1) is 0 Å². The van der Waals surface area contributed by atoms with E-state index in [-0.39, 0.29) is 12.0 Å². The minimum absolute atomic E-state index is 0.134. The second kappa shape index (κ2) is 6.11. The Bertz CT molecular complexity index is 799. The minimum Gasteiger partial charge on any atom is -0.464 e. The standard InChI is InChI=1S/C20H20N2O2/c1-2-24-20(23)18-10-11-19-21-17-9-8-15(12-16(17)13-22(18)19)14-6-4-3-5-7-14/h3-9,12,18H,2,10-11,13H2,1H3/t18-/m0/s1. The molecule has 2 aromatic carbocycles. The summed E-state index contributed by atoms with van der Waals surface area (Å²) in [6.07, 6.45) is 1.63. The van der Waals surface area contributed by atoms with Gasteiger partial charge in [-0.3, -0.25) is 0 Å². The van der Waals surface area contributed by atoms with E-state index < -0.39 is 0 Å². The Kier molecular flexibility index (Phi) is 3.81. The fraction of sp³-hybridized carbons (Fsp3) is 0.300. The molecule has 4 rings (SSSR count). The van der Waals surface area contributed by atoms with E-state index in [4.69, 9.17) is 9.73 Å². The molecule has 0 aliphatic carbocycles. The normalized spacial score (nSPS) is 18.6. The molecule has 4 heteroatoms.